The maximum Gasteiger partial charge on any atom is 0.264 e. The summed E-state index contributed by atoms with van der Waals surface area (Å²) in [5.41, 5.74) is 0.551. The minimum Gasteiger partial charge on any atom is -0.375 e. The monoisotopic (exact) mass is 513 g/mol. The summed E-state index contributed by atoms with van der Waals surface area (Å²) in [6.45, 7) is 0.323. The van der Waals surface area contributed by atoms with Crippen molar-refractivity contribution in [1.82, 2.24) is 0 Å². The Labute approximate surface area is 185 Å². The van der Waals surface area contributed by atoms with Gasteiger partial charge in [0.25, 0.3) is 5.91 Å². The fourth-order valence-corrected chi connectivity index (χ4v) is 4.21. The van der Waals surface area contributed by atoms with Crippen LogP contribution < -0.4 is 4.90 Å². The molecule has 1 heterocycles. The van der Waals surface area contributed by atoms with Crippen molar-refractivity contribution in [3.8, 4) is 0 Å². The topological polar surface area (TPSA) is 57.6 Å². The number of hydrogen-bond acceptors (Lipinski definition) is 3. The van der Waals surface area contributed by atoms with E-state index in [0.29, 0.717) is 23.4 Å². The Bertz CT molecular complexity index is 1080. The number of amides is 1. The van der Waals surface area contributed by atoms with E-state index in [9.17, 15) is 14.7 Å². The first-order valence-corrected chi connectivity index (χ1v) is 10.6. The van der Waals surface area contributed by atoms with E-state index >= 15 is 0 Å². The molecule has 0 radical (unpaired) electrons. The van der Waals surface area contributed by atoms with Gasteiger partial charge in [0.15, 0.2) is 11.4 Å². The minimum atomic E-state index is -1.90. The Hall–Kier alpha value is -2.28. The molecule has 4 nitrogen and oxygen atoms in total. The van der Waals surface area contributed by atoms with Crippen molar-refractivity contribution in [2.75, 3.05) is 4.90 Å². The zero-order valence-corrected chi connectivity index (χ0v) is 18.5. The molecule has 6 heteroatoms. The van der Waals surface area contributed by atoms with Gasteiger partial charge >= 0.3 is 0 Å². The minimum absolute atomic E-state index is 0.291. The van der Waals surface area contributed by atoms with Gasteiger partial charge in [-0.1, -0.05) is 74.3 Å². The normalized spacial score (nSPS) is 18.0. The van der Waals surface area contributed by atoms with Crippen LogP contribution in [0.3, 0.4) is 0 Å². The van der Waals surface area contributed by atoms with Crippen molar-refractivity contribution in [3.63, 3.8) is 0 Å². The third kappa shape index (κ3) is 3.80. The largest absolute Gasteiger partial charge is 0.375 e. The van der Waals surface area contributed by atoms with Crippen molar-refractivity contribution >= 4 is 49.2 Å². The maximum absolute atomic E-state index is 13.3. The lowest BCUT2D eigenvalue weighted by atomic mass is 9.88. The van der Waals surface area contributed by atoms with Gasteiger partial charge in [-0.05, 0) is 35.9 Å². The molecule has 1 aliphatic rings. The molecule has 0 saturated heterocycles. The predicted molar refractivity (Wildman–Crippen MR) is 119 cm³/mol. The quantitative estimate of drug-likeness (QED) is 0.475. The van der Waals surface area contributed by atoms with Gasteiger partial charge < -0.3 is 10.0 Å². The third-order valence-corrected chi connectivity index (χ3v) is 6.08. The zero-order valence-electron chi connectivity index (χ0n) is 15.3. The summed E-state index contributed by atoms with van der Waals surface area (Å²) >= 11 is 6.76. The molecule has 3 aromatic carbocycles. The molecule has 3 aromatic rings. The standard InChI is InChI=1S/C23H17Br2NO3/c24-17-8-6-16(7-9-17)21(27)13-23(29)19-12-18(25)10-11-20(19)26(22(23)28)14-15-4-2-1-3-5-15/h1-12,29H,13-14H2. The number of ketones is 1. The highest BCUT2D eigenvalue weighted by Crippen LogP contribution is 2.44. The number of carbonyl (C=O) groups is 2. The number of nitrogens with zero attached hydrogens (tertiary/aromatic N) is 1. The first-order chi connectivity index (χ1) is 13.9. The van der Waals surface area contributed by atoms with Crippen molar-refractivity contribution < 1.29 is 14.7 Å². The highest BCUT2D eigenvalue weighted by molar-refractivity contribution is 9.10. The van der Waals surface area contributed by atoms with Crippen molar-refractivity contribution in [1.29, 1.82) is 0 Å². The van der Waals surface area contributed by atoms with E-state index in [1.54, 1.807) is 41.3 Å². The Balaban J connectivity index is 1.71. The smallest absolute Gasteiger partial charge is 0.264 e. The van der Waals surface area contributed by atoms with Gasteiger partial charge in [0.2, 0.25) is 0 Å². The Morgan fingerprint density at radius 1 is 0.931 bits per heavy atom. The van der Waals surface area contributed by atoms with Crippen LogP contribution in [0, 0.1) is 0 Å². The van der Waals surface area contributed by atoms with Crippen LogP contribution >= 0.6 is 31.9 Å². The van der Waals surface area contributed by atoms with E-state index in [2.05, 4.69) is 31.9 Å². The van der Waals surface area contributed by atoms with Gasteiger partial charge in [0, 0.05) is 20.1 Å². The second-order valence-electron chi connectivity index (χ2n) is 7.01. The average molecular weight is 515 g/mol. The molecule has 0 aliphatic carbocycles. The van der Waals surface area contributed by atoms with E-state index in [1.807, 2.05) is 36.4 Å². The van der Waals surface area contributed by atoms with Crippen molar-refractivity contribution in [2.45, 2.75) is 18.6 Å². The van der Waals surface area contributed by atoms with E-state index in [4.69, 9.17) is 0 Å². The van der Waals surface area contributed by atoms with Crippen LogP contribution in [0.15, 0.2) is 81.7 Å². The molecule has 146 valence electrons. The highest BCUT2D eigenvalue weighted by Gasteiger charge is 2.51. The lowest BCUT2D eigenvalue weighted by Gasteiger charge is -2.23. The van der Waals surface area contributed by atoms with Crippen LogP contribution in [-0.4, -0.2) is 16.8 Å². The number of fused-ring (bicyclic) bond motifs is 1. The van der Waals surface area contributed by atoms with E-state index in [1.165, 1.54) is 0 Å². The summed E-state index contributed by atoms with van der Waals surface area (Å²) in [6.07, 6.45) is -0.317. The summed E-state index contributed by atoms with van der Waals surface area (Å²) in [7, 11) is 0. The SMILES string of the molecule is O=C(CC1(O)C(=O)N(Cc2ccccc2)c2ccc(Br)cc21)c1ccc(Br)cc1. The summed E-state index contributed by atoms with van der Waals surface area (Å²) in [5, 5.41) is 11.4. The highest BCUT2D eigenvalue weighted by atomic mass is 79.9. The molecule has 1 amide bonds. The Kier molecular flexibility index (Phi) is 5.42. The molecule has 4 rings (SSSR count). The van der Waals surface area contributed by atoms with Gasteiger partial charge in [0.1, 0.15) is 0 Å². The molecule has 1 atom stereocenters. The van der Waals surface area contributed by atoms with Gasteiger partial charge in [-0.25, -0.2) is 0 Å². The number of rotatable bonds is 5. The van der Waals surface area contributed by atoms with E-state index in [-0.39, 0.29) is 12.2 Å². The fraction of sp³-hybridized carbons (Fsp3) is 0.130. The number of carbonyl (C=O) groups excluding carboxylic acids is 2. The van der Waals surface area contributed by atoms with Crippen molar-refractivity contribution in [2.24, 2.45) is 0 Å². The molecular formula is C23H17Br2NO3. The molecule has 0 bridgehead atoms. The number of halogens is 2. The molecule has 1 unspecified atom stereocenters. The molecular weight excluding hydrogens is 498 g/mol. The number of hydrogen-bond donors (Lipinski definition) is 1. The molecule has 1 N–H and O–H groups in total. The van der Waals surface area contributed by atoms with Gasteiger partial charge in [-0.15, -0.1) is 0 Å². The Morgan fingerprint density at radius 3 is 2.28 bits per heavy atom. The first kappa shape index (κ1) is 20.0. The van der Waals surface area contributed by atoms with E-state index < -0.39 is 11.5 Å². The summed E-state index contributed by atoms with van der Waals surface area (Å²) in [4.78, 5) is 27.7. The second kappa shape index (κ2) is 7.86. The zero-order chi connectivity index (χ0) is 20.6. The summed E-state index contributed by atoms with van der Waals surface area (Å²) < 4.78 is 1.59. The van der Waals surface area contributed by atoms with Crippen molar-refractivity contribution in [3.05, 3.63) is 98.4 Å². The summed E-state index contributed by atoms with van der Waals surface area (Å²) in [5.74, 6) is -0.777. The van der Waals surface area contributed by atoms with Gasteiger partial charge in [-0.2, -0.15) is 0 Å². The van der Waals surface area contributed by atoms with Gasteiger partial charge in [-0.3, -0.25) is 9.59 Å². The molecule has 0 fully saturated rings. The average Bonchev–Trinajstić information content (AvgIpc) is 2.91. The fourth-order valence-electron chi connectivity index (χ4n) is 3.59. The predicted octanol–water partition coefficient (Wildman–Crippen LogP) is 5.22. The van der Waals surface area contributed by atoms with Crippen LogP contribution in [0.25, 0.3) is 0 Å². The lowest BCUT2D eigenvalue weighted by molar-refractivity contribution is -0.136. The van der Waals surface area contributed by atoms with Crippen LogP contribution in [0.4, 0.5) is 5.69 Å². The lowest BCUT2D eigenvalue weighted by Crippen LogP contribution is -2.41. The van der Waals surface area contributed by atoms with Gasteiger partial charge in [0.05, 0.1) is 18.7 Å². The molecule has 29 heavy (non-hydrogen) atoms. The van der Waals surface area contributed by atoms with Crippen LogP contribution in [0.1, 0.15) is 27.9 Å². The molecule has 1 aliphatic heterocycles. The second-order valence-corrected chi connectivity index (χ2v) is 8.84. The molecule has 0 aromatic heterocycles. The van der Waals surface area contributed by atoms with Crippen LogP contribution in [0.2, 0.25) is 0 Å². The third-order valence-electron chi connectivity index (χ3n) is 5.06. The summed E-state index contributed by atoms with van der Waals surface area (Å²) in [6, 6.07) is 21.8. The van der Waals surface area contributed by atoms with Crippen LogP contribution in [-0.2, 0) is 16.9 Å². The number of aliphatic hydroxyl groups is 1. The molecule has 0 saturated carbocycles. The maximum atomic E-state index is 13.3. The van der Waals surface area contributed by atoms with E-state index in [0.717, 1.165) is 14.5 Å². The molecule has 0 spiro atoms. The van der Waals surface area contributed by atoms with Crippen LogP contribution in [0.5, 0.6) is 0 Å². The number of Topliss-reactive ketones (excluding diaryl/α,β-unsaturated/α-hetero) is 1. The number of benzene rings is 3. The number of anilines is 1. The Morgan fingerprint density at radius 2 is 1.59 bits per heavy atom. The first-order valence-electron chi connectivity index (χ1n) is 9.05.